The summed E-state index contributed by atoms with van der Waals surface area (Å²) in [6.07, 6.45) is 58.6. The molecule has 0 saturated heterocycles. The maximum absolute atomic E-state index is 12.7. The molecule has 0 aromatic heterocycles. The van der Waals surface area contributed by atoms with Crippen LogP contribution in [0.5, 0.6) is 0 Å². The lowest BCUT2D eigenvalue weighted by molar-refractivity contribution is -0.163. The summed E-state index contributed by atoms with van der Waals surface area (Å²) >= 11 is 0. The Kier molecular flexibility index (Phi) is 47.9. The molecule has 1 atom stereocenters. The summed E-state index contributed by atoms with van der Waals surface area (Å²) in [7, 11) is 0. The number of unbranched alkanes of at least 4 members (excludes halogenated alkanes) is 30. The van der Waals surface area contributed by atoms with E-state index in [1.807, 2.05) is 0 Å². The highest BCUT2D eigenvalue weighted by Crippen LogP contribution is 2.15. The summed E-state index contributed by atoms with van der Waals surface area (Å²) < 4.78 is 17.4. The molecule has 0 aromatic carbocycles. The molecule has 0 saturated carbocycles. The molecule has 0 spiro atoms. The van der Waals surface area contributed by atoms with Gasteiger partial charge in [0.15, 0.2) is 6.10 Å². The van der Waals surface area contributed by atoms with Gasteiger partial charge < -0.3 is 14.2 Å². The normalized spacial score (nSPS) is 12.4. The fourth-order valence-corrected chi connectivity index (χ4v) is 7.34. The Labute approximate surface area is 361 Å². The topological polar surface area (TPSA) is 61.8 Å². The van der Waals surface area contributed by atoms with Crippen LogP contribution in [-0.4, -0.2) is 37.9 Å². The predicted octanol–water partition coefficient (Wildman–Crippen LogP) is 17.0. The van der Waals surface area contributed by atoms with E-state index in [0.29, 0.717) is 19.4 Å². The third kappa shape index (κ3) is 46.8. The van der Waals surface area contributed by atoms with Crippen LogP contribution in [0.25, 0.3) is 0 Å². The monoisotopic (exact) mass is 815 g/mol. The van der Waals surface area contributed by atoms with Gasteiger partial charge >= 0.3 is 11.9 Å². The van der Waals surface area contributed by atoms with Crippen LogP contribution in [0.1, 0.15) is 265 Å². The number of carbonyl (C=O) groups excluding carboxylic acids is 2. The van der Waals surface area contributed by atoms with Crippen LogP contribution >= 0.6 is 0 Å². The quantitative estimate of drug-likeness (QED) is 0.0348. The molecule has 0 heterocycles. The zero-order chi connectivity index (χ0) is 42.1. The number of carbonyl (C=O) groups is 2. The molecule has 0 aliphatic heterocycles. The lowest BCUT2D eigenvalue weighted by atomic mass is 10.1. The van der Waals surface area contributed by atoms with Gasteiger partial charge in [0.1, 0.15) is 6.61 Å². The SMILES string of the molecule is CCCCC/C=C\C/C=C\C/C=C\CCCCCCCCC(=O)OCC(COCCCCCCCCCCCCCC)OC(=O)CCCCCCCCCCCCC. The van der Waals surface area contributed by atoms with Crippen LogP contribution in [0.2, 0.25) is 0 Å². The van der Waals surface area contributed by atoms with E-state index < -0.39 is 6.10 Å². The van der Waals surface area contributed by atoms with E-state index in [0.717, 1.165) is 57.8 Å². The minimum Gasteiger partial charge on any atom is -0.462 e. The highest BCUT2D eigenvalue weighted by atomic mass is 16.6. The van der Waals surface area contributed by atoms with Crippen LogP contribution < -0.4 is 0 Å². The van der Waals surface area contributed by atoms with Crippen molar-refractivity contribution in [3.05, 3.63) is 36.5 Å². The molecule has 0 aliphatic carbocycles. The Bertz CT molecular complexity index is 924. The van der Waals surface area contributed by atoms with Crippen molar-refractivity contribution in [2.75, 3.05) is 19.8 Å². The molecular weight excluding hydrogens is 717 g/mol. The molecular formula is C53H98O5. The van der Waals surface area contributed by atoms with Crippen molar-refractivity contribution in [2.45, 2.75) is 271 Å². The number of ether oxygens (including phenoxy) is 3. The zero-order valence-electron chi connectivity index (χ0n) is 39.1. The smallest absolute Gasteiger partial charge is 0.306 e. The molecule has 5 nitrogen and oxygen atoms in total. The second-order valence-electron chi connectivity index (χ2n) is 17.1. The minimum atomic E-state index is -0.534. The van der Waals surface area contributed by atoms with Gasteiger partial charge in [-0.15, -0.1) is 0 Å². The number of rotatable bonds is 47. The summed E-state index contributed by atoms with van der Waals surface area (Å²) in [6, 6.07) is 0. The Balaban J connectivity index is 4.20. The number of hydrogen-bond donors (Lipinski definition) is 0. The van der Waals surface area contributed by atoms with Gasteiger partial charge in [-0.25, -0.2) is 0 Å². The van der Waals surface area contributed by atoms with Crippen LogP contribution in [0.15, 0.2) is 36.5 Å². The first-order valence-electron chi connectivity index (χ1n) is 25.5. The summed E-state index contributed by atoms with van der Waals surface area (Å²) in [4.78, 5) is 25.3. The van der Waals surface area contributed by atoms with Crippen molar-refractivity contribution in [1.29, 1.82) is 0 Å². The van der Waals surface area contributed by atoms with Gasteiger partial charge in [-0.1, -0.05) is 231 Å². The summed E-state index contributed by atoms with van der Waals surface area (Å²) in [5.74, 6) is -0.399. The molecule has 0 aliphatic rings. The number of esters is 2. The van der Waals surface area contributed by atoms with Crippen LogP contribution in [-0.2, 0) is 23.8 Å². The van der Waals surface area contributed by atoms with Crippen LogP contribution in [0.3, 0.4) is 0 Å². The fourth-order valence-electron chi connectivity index (χ4n) is 7.34. The molecule has 1 unspecified atom stereocenters. The predicted molar refractivity (Wildman–Crippen MR) is 252 cm³/mol. The lowest BCUT2D eigenvalue weighted by Gasteiger charge is -2.18. The molecule has 0 bridgehead atoms. The van der Waals surface area contributed by atoms with Gasteiger partial charge in [0.25, 0.3) is 0 Å². The summed E-state index contributed by atoms with van der Waals surface area (Å²) in [6.45, 7) is 7.82. The van der Waals surface area contributed by atoms with Gasteiger partial charge in [-0.05, 0) is 57.8 Å². The largest absolute Gasteiger partial charge is 0.462 e. The molecule has 0 N–H and O–H groups in total. The first kappa shape index (κ1) is 56.1. The molecule has 5 heteroatoms. The van der Waals surface area contributed by atoms with Crippen molar-refractivity contribution in [3.63, 3.8) is 0 Å². The Morgan fingerprint density at radius 2 is 0.724 bits per heavy atom. The first-order chi connectivity index (χ1) is 28.6. The van der Waals surface area contributed by atoms with E-state index in [-0.39, 0.29) is 25.2 Å². The lowest BCUT2D eigenvalue weighted by Crippen LogP contribution is -2.30. The average molecular weight is 815 g/mol. The maximum Gasteiger partial charge on any atom is 0.306 e. The zero-order valence-corrected chi connectivity index (χ0v) is 39.1. The van der Waals surface area contributed by atoms with Gasteiger partial charge in [0.05, 0.1) is 6.61 Å². The number of hydrogen-bond acceptors (Lipinski definition) is 5. The molecule has 0 rings (SSSR count). The third-order valence-electron chi connectivity index (χ3n) is 11.2. The number of allylic oxidation sites excluding steroid dienone is 6. The van der Waals surface area contributed by atoms with Crippen LogP contribution in [0, 0.1) is 0 Å². The van der Waals surface area contributed by atoms with Gasteiger partial charge in [-0.2, -0.15) is 0 Å². The van der Waals surface area contributed by atoms with Crippen molar-refractivity contribution in [2.24, 2.45) is 0 Å². The van der Waals surface area contributed by atoms with Crippen molar-refractivity contribution >= 4 is 11.9 Å². The summed E-state index contributed by atoms with van der Waals surface area (Å²) in [5, 5.41) is 0. The van der Waals surface area contributed by atoms with Crippen molar-refractivity contribution < 1.29 is 23.8 Å². The van der Waals surface area contributed by atoms with E-state index in [1.54, 1.807) is 0 Å². The Morgan fingerprint density at radius 1 is 0.379 bits per heavy atom. The molecule has 0 aromatic rings. The fraction of sp³-hybridized carbons (Fsp3) is 0.849. The minimum absolute atomic E-state index is 0.0841. The second-order valence-corrected chi connectivity index (χ2v) is 17.1. The second kappa shape index (κ2) is 49.5. The summed E-state index contributed by atoms with van der Waals surface area (Å²) in [5.41, 5.74) is 0. The molecule has 0 amide bonds. The van der Waals surface area contributed by atoms with Gasteiger partial charge in [0, 0.05) is 19.4 Å². The van der Waals surface area contributed by atoms with Gasteiger partial charge in [0.2, 0.25) is 0 Å². The highest BCUT2D eigenvalue weighted by Gasteiger charge is 2.17. The first-order valence-corrected chi connectivity index (χ1v) is 25.5. The molecule has 0 fully saturated rings. The highest BCUT2D eigenvalue weighted by molar-refractivity contribution is 5.70. The molecule has 0 radical (unpaired) electrons. The van der Waals surface area contributed by atoms with E-state index in [1.165, 1.54) is 173 Å². The van der Waals surface area contributed by atoms with E-state index >= 15 is 0 Å². The average Bonchev–Trinajstić information content (AvgIpc) is 3.22. The van der Waals surface area contributed by atoms with Gasteiger partial charge in [-0.3, -0.25) is 9.59 Å². The van der Waals surface area contributed by atoms with Crippen molar-refractivity contribution in [3.8, 4) is 0 Å². The molecule has 340 valence electrons. The standard InChI is InChI=1S/C53H98O5/c1-4-7-10-13-16-19-22-24-25-26-27-28-29-30-32-34-37-40-43-46-52(54)57-50-51(49-56-48-45-42-39-36-33-23-20-17-14-11-8-5-2)58-53(55)47-44-41-38-35-31-21-18-15-12-9-6-3/h16,19,24-25,27-28,51H,4-15,17-18,20-23,26,29-50H2,1-3H3/b19-16-,25-24-,28-27-. The maximum atomic E-state index is 12.7. The van der Waals surface area contributed by atoms with Crippen LogP contribution in [0.4, 0.5) is 0 Å². The molecule has 58 heavy (non-hydrogen) atoms. The van der Waals surface area contributed by atoms with E-state index in [4.69, 9.17) is 14.2 Å². The van der Waals surface area contributed by atoms with Crippen molar-refractivity contribution in [1.82, 2.24) is 0 Å². The third-order valence-corrected chi connectivity index (χ3v) is 11.2. The van der Waals surface area contributed by atoms with E-state index in [2.05, 4.69) is 57.2 Å². The van der Waals surface area contributed by atoms with E-state index in [9.17, 15) is 9.59 Å². The Hall–Kier alpha value is -1.88. The Morgan fingerprint density at radius 3 is 1.19 bits per heavy atom.